The summed E-state index contributed by atoms with van der Waals surface area (Å²) in [6, 6.07) is 0. The van der Waals surface area contributed by atoms with E-state index in [0.29, 0.717) is 37.5 Å². The van der Waals surface area contributed by atoms with E-state index in [9.17, 15) is 30.3 Å². The molecule has 0 radical (unpaired) electrons. The lowest BCUT2D eigenvalue weighted by Crippen LogP contribution is -2.68. The Morgan fingerprint density at radius 2 is 1.56 bits per heavy atom. The van der Waals surface area contributed by atoms with Gasteiger partial charge in [0, 0.05) is 30.6 Å². The van der Waals surface area contributed by atoms with E-state index in [1.165, 1.54) is 0 Å². The van der Waals surface area contributed by atoms with Crippen molar-refractivity contribution >= 4 is 5.78 Å². The Bertz CT molecular complexity index is 847. The van der Waals surface area contributed by atoms with Crippen molar-refractivity contribution in [1.29, 1.82) is 0 Å². The number of aliphatic hydroxyl groups is 5. The highest BCUT2D eigenvalue weighted by atomic mass is 16.6. The zero-order chi connectivity index (χ0) is 26.3. The van der Waals surface area contributed by atoms with Crippen molar-refractivity contribution in [2.75, 3.05) is 0 Å². The molecule has 7 heteroatoms. The summed E-state index contributed by atoms with van der Waals surface area (Å²) in [6.07, 6.45) is -0.315. The lowest BCUT2D eigenvalue weighted by Gasteiger charge is -2.64. The lowest BCUT2D eigenvalue weighted by molar-refractivity contribution is -0.251. The molecule has 1 aliphatic heterocycles. The number of Topliss-reactive ketones (excluding diaryl/α,β-unsaturated/α-hetero) is 1. The normalized spacial score (nSPS) is 56.1. The largest absolute Gasteiger partial charge is 0.390 e. The number of hydrogen-bond donors (Lipinski definition) is 5. The number of carbonyl (C=O) groups is 1. The molecule has 36 heavy (non-hydrogen) atoms. The van der Waals surface area contributed by atoms with Gasteiger partial charge in [0.2, 0.25) is 0 Å². The first-order valence-electron chi connectivity index (χ1n) is 14.4. The van der Waals surface area contributed by atoms with Gasteiger partial charge in [0.15, 0.2) is 6.29 Å². The maximum atomic E-state index is 13.8. The first-order valence-corrected chi connectivity index (χ1v) is 14.4. The van der Waals surface area contributed by atoms with E-state index in [1.807, 2.05) is 0 Å². The highest BCUT2D eigenvalue weighted by Gasteiger charge is 2.69. The van der Waals surface area contributed by atoms with E-state index in [0.717, 1.165) is 19.3 Å². The molecule has 7 nitrogen and oxygen atoms in total. The smallest absolute Gasteiger partial charge is 0.155 e. The van der Waals surface area contributed by atoms with E-state index in [-0.39, 0.29) is 46.9 Å². The maximum Gasteiger partial charge on any atom is 0.155 e. The van der Waals surface area contributed by atoms with Crippen LogP contribution in [0.25, 0.3) is 0 Å². The molecule has 4 saturated carbocycles. The van der Waals surface area contributed by atoms with Crippen molar-refractivity contribution < 1.29 is 35.1 Å². The minimum atomic E-state index is -1.17. The third-order valence-electron chi connectivity index (χ3n) is 12.2. The second-order valence-electron chi connectivity index (χ2n) is 14.1. The molecule has 1 saturated heterocycles. The number of ether oxygens (including phenoxy) is 1. The fourth-order valence-corrected chi connectivity index (χ4v) is 10.1. The van der Waals surface area contributed by atoms with Gasteiger partial charge < -0.3 is 30.3 Å². The molecule has 0 aromatic carbocycles. The van der Waals surface area contributed by atoms with Gasteiger partial charge in [-0.25, -0.2) is 0 Å². The second-order valence-corrected chi connectivity index (χ2v) is 14.1. The van der Waals surface area contributed by atoms with E-state index < -0.39 is 42.0 Å². The van der Waals surface area contributed by atoms with E-state index >= 15 is 0 Å². The summed E-state index contributed by atoms with van der Waals surface area (Å²) in [5.74, 6) is -0.0824. The molecule has 5 rings (SSSR count). The molecule has 0 amide bonds. The summed E-state index contributed by atoms with van der Waals surface area (Å²) in [5, 5.41) is 54.3. The molecule has 1 heterocycles. The monoisotopic (exact) mass is 508 g/mol. The molecule has 5 aliphatic rings. The average Bonchev–Trinajstić information content (AvgIpc) is 3.09. The molecule has 0 spiro atoms. The van der Waals surface area contributed by atoms with Crippen LogP contribution in [-0.2, 0) is 9.53 Å². The van der Waals surface area contributed by atoms with Gasteiger partial charge in [0.1, 0.15) is 5.78 Å². The van der Waals surface area contributed by atoms with Gasteiger partial charge in [0.25, 0.3) is 0 Å². The van der Waals surface area contributed by atoms with Gasteiger partial charge in [-0.3, -0.25) is 4.79 Å². The number of hydrogen-bond acceptors (Lipinski definition) is 7. The SMILES string of the molecule is CC(C)[C@H]1C[C@@H]([C@@H](C)[C@H]2CC(=O)[C@@H]3[C@@H]4[C@@H](O)[C@H](O)[C@H]5[C@@H](O)[C@H](O)CC[C@]5(C)[C@H]4CC[C@]23C)O[C@@H](O)C1. The number of carbonyl (C=O) groups excluding carboxylic acids is 1. The minimum Gasteiger partial charge on any atom is -0.390 e. The molecule has 5 N–H and O–H groups in total. The van der Waals surface area contributed by atoms with E-state index in [1.54, 1.807) is 0 Å². The summed E-state index contributed by atoms with van der Waals surface area (Å²) < 4.78 is 6.06. The van der Waals surface area contributed by atoms with Crippen molar-refractivity contribution in [2.45, 2.75) is 116 Å². The number of ketones is 1. The summed E-state index contributed by atoms with van der Waals surface area (Å²) >= 11 is 0. The van der Waals surface area contributed by atoms with Gasteiger partial charge in [-0.05, 0) is 72.5 Å². The molecular weight excluding hydrogens is 460 g/mol. The molecule has 4 aliphatic carbocycles. The first-order chi connectivity index (χ1) is 16.8. The van der Waals surface area contributed by atoms with Crippen molar-refractivity contribution in [3.63, 3.8) is 0 Å². The highest BCUT2D eigenvalue weighted by molar-refractivity contribution is 5.85. The van der Waals surface area contributed by atoms with Crippen LogP contribution in [0.1, 0.15) is 79.6 Å². The molecular formula is C29H48O7. The van der Waals surface area contributed by atoms with Crippen molar-refractivity contribution in [3.05, 3.63) is 0 Å². The Hall–Kier alpha value is -0.570. The fourth-order valence-electron chi connectivity index (χ4n) is 10.1. The summed E-state index contributed by atoms with van der Waals surface area (Å²) in [6.45, 7) is 10.8. The lowest BCUT2D eigenvalue weighted by atomic mass is 9.42. The fraction of sp³-hybridized carbons (Fsp3) is 0.966. The highest BCUT2D eigenvalue weighted by Crippen LogP contribution is 2.67. The van der Waals surface area contributed by atoms with Crippen LogP contribution >= 0.6 is 0 Å². The van der Waals surface area contributed by atoms with Crippen LogP contribution in [0.15, 0.2) is 0 Å². The van der Waals surface area contributed by atoms with Gasteiger partial charge in [-0.1, -0.05) is 34.6 Å². The van der Waals surface area contributed by atoms with Crippen LogP contribution in [-0.4, -0.2) is 68.1 Å². The van der Waals surface area contributed by atoms with Crippen molar-refractivity contribution in [3.8, 4) is 0 Å². The van der Waals surface area contributed by atoms with Crippen LogP contribution in [0.4, 0.5) is 0 Å². The summed E-state index contributed by atoms with van der Waals surface area (Å²) in [7, 11) is 0. The quantitative estimate of drug-likeness (QED) is 0.396. The number of rotatable bonds is 3. The van der Waals surface area contributed by atoms with Gasteiger partial charge >= 0.3 is 0 Å². The molecule has 0 unspecified atom stereocenters. The number of aliphatic hydroxyl groups excluding tert-OH is 5. The molecule has 0 aromatic heterocycles. The van der Waals surface area contributed by atoms with Gasteiger partial charge in [-0.2, -0.15) is 0 Å². The van der Waals surface area contributed by atoms with Crippen LogP contribution < -0.4 is 0 Å². The third kappa shape index (κ3) is 3.86. The Morgan fingerprint density at radius 1 is 0.889 bits per heavy atom. The number of fused-ring (bicyclic) bond motifs is 5. The Balaban J connectivity index is 1.44. The van der Waals surface area contributed by atoms with Crippen LogP contribution in [0.2, 0.25) is 0 Å². The minimum absolute atomic E-state index is 0.0113. The zero-order valence-corrected chi connectivity index (χ0v) is 22.6. The van der Waals surface area contributed by atoms with Crippen LogP contribution in [0, 0.1) is 58.2 Å². The first kappa shape index (κ1) is 27.0. The Labute approximate surface area is 215 Å². The van der Waals surface area contributed by atoms with Crippen molar-refractivity contribution in [1.82, 2.24) is 0 Å². The Kier molecular flexibility index (Phi) is 6.96. The predicted molar refractivity (Wildman–Crippen MR) is 133 cm³/mol. The third-order valence-corrected chi connectivity index (χ3v) is 12.2. The second kappa shape index (κ2) is 9.27. The molecule has 5 fully saturated rings. The standard InChI is InChI=1S/C29H48O7/c1-13(2)15-10-20(36-21(32)11-15)14(3)17-12-19(31)23-22-16(6-8-29(17,23)5)28(4)9-7-18(30)25(33)24(28)27(35)26(22)34/h13-18,20-27,30,32-35H,6-12H2,1-5H3/t14-,15-,16-,17+,18+,20-,21+,22+,23+,24+,25-,26+,27+,28+,29+/m0/s1. The summed E-state index contributed by atoms with van der Waals surface area (Å²) in [5.41, 5.74) is -0.748. The van der Waals surface area contributed by atoms with Crippen LogP contribution in [0.3, 0.4) is 0 Å². The van der Waals surface area contributed by atoms with Crippen molar-refractivity contribution in [2.24, 2.45) is 58.2 Å². The zero-order valence-electron chi connectivity index (χ0n) is 22.6. The van der Waals surface area contributed by atoms with Crippen LogP contribution in [0.5, 0.6) is 0 Å². The van der Waals surface area contributed by atoms with E-state index in [4.69, 9.17) is 4.74 Å². The Morgan fingerprint density at radius 3 is 2.22 bits per heavy atom. The van der Waals surface area contributed by atoms with Gasteiger partial charge in [-0.15, -0.1) is 0 Å². The summed E-state index contributed by atoms with van der Waals surface area (Å²) in [4.78, 5) is 13.8. The average molecular weight is 509 g/mol. The molecule has 15 atom stereocenters. The van der Waals surface area contributed by atoms with E-state index in [2.05, 4.69) is 34.6 Å². The molecule has 206 valence electrons. The maximum absolute atomic E-state index is 13.8. The predicted octanol–water partition coefficient (Wildman–Crippen LogP) is 2.50. The topological polar surface area (TPSA) is 127 Å². The van der Waals surface area contributed by atoms with Gasteiger partial charge in [0.05, 0.1) is 30.5 Å². The molecule has 0 aromatic rings. The molecule has 0 bridgehead atoms.